The highest BCUT2D eigenvalue weighted by Gasteiger charge is 2.21. The van der Waals surface area contributed by atoms with Crippen LogP contribution >= 0.6 is 0 Å². The Balaban J connectivity index is 1.79. The Hall–Kier alpha value is -4.00. The number of hydrogen-bond donors (Lipinski definition) is 1. The lowest BCUT2D eigenvalue weighted by molar-refractivity contribution is -0.116. The van der Waals surface area contributed by atoms with Crippen molar-refractivity contribution in [2.24, 2.45) is 0 Å². The van der Waals surface area contributed by atoms with Crippen LogP contribution in [0, 0.1) is 13.8 Å². The number of aryl methyl sites for hydroxylation is 2. The Morgan fingerprint density at radius 2 is 1.74 bits per heavy atom. The second-order valence-corrected chi connectivity index (χ2v) is 7.42. The van der Waals surface area contributed by atoms with Crippen molar-refractivity contribution >= 4 is 34.3 Å². The average molecular weight is 414 g/mol. The molecule has 0 fully saturated rings. The lowest BCUT2D eigenvalue weighted by atomic mass is 10.0. The first-order chi connectivity index (χ1) is 14.8. The molecule has 156 valence electrons. The molecule has 0 saturated carbocycles. The van der Waals surface area contributed by atoms with Gasteiger partial charge >= 0.3 is 0 Å². The summed E-state index contributed by atoms with van der Waals surface area (Å²) in [5, 5.41) is 7.48. The maximum Gasteiger partial charge on any atom is 0.259 e. The van der Waals surface area contributed by atoms with Crippen LogP contribution in [0.2, 0.25) is 0 Å². The van der Waals surface area contributed by atoms with E-state index < -0.39 is 0 Å². The topological polar surface area (TPSA) is 88.3 Å². The maximum absolute atomic E-state index is 13.3. The molecule has 0 aliphatic rings. The highest BCUT2D eigenvalue weighted by Crippen LogP contribution is 2.30. The van der Waals surface area contributed by atoms with Crippen LogP contribution in [0.3, 0.4) is 0 Å². The summed E-state index contributed by atoms with van der Waals surface area (Å²) in [6, 6.07) is 16.8. The summed E-state index contributed by atoms with van der Waals surface area (Å²) in [4.78, 5) is 31.2. The molecule has 0 bridgehead atoms. The number of carbonyl (C=O) groups excluding carboxylic acids is 2. The number of hydrogen-bond acceptors (Lipinski definition) is 5. The number of aromatic nitrogens is 2. The predicted molar refractivity (Wildman–Crippen MR) is 120 cm³/mol. The van der Waals surface area contributed by atoms with Crippen molar-refractivity contribution in [2.45, 2.75) is 20.8 Å². The van der Waals surface area contributed by atoms with E-state index in [2.05, 4.69) is 15.5 Å². The van der Waals surface area contributed by atoms with Crippen molar-refractivity contribution in [3.8, 4) is 11.3 Å². The van der Waals surface area contributed by atoms with Gasteiger partial charge in [0.25, 0.3) is 11.6 Å². The molecule has 2 aromatic heterocycles. The third-order valence-corrected chi connectivity index (χ3v) is 5.20. The number of amides is 2. The van der Waals surface area contributed by atoms with Gasteiger partial charge in [0, 0.05) is 19.5 Å². The van der Waals surface area contributed by atoms with Crippen LogP contribution in [0.25, 0.3) is 22.4 Å². The zero-order chi connectivity index (χ0) is 22.1. The molecule has 4 rings (SSSR count). The smallest absolute Gasteiger partial charge is 0.259 e. The molecule has 7 heteroatoms. The summed E-state index contributed by atoms with van der Waals surface area (Å²) in [6.45, 7) is 5.25. The molecule has 7 nitrogen and oxygen atoms in total. The Morgan fingerprint density at radius 1 is 1.03 bits per heavy atom. The minimum atomic E-state index is -0.337. The standard InChI is InChI=1S/C24H22N4O3/c1-14-9-11-17(12-10-14)20-13-18(22-15(2)27-31-24(22)26-20)23(30)25-19-7-5-6-8-21(19)28(4)16(3)29/h5-13H,1-4H3,(H,25,30). The number of nitrogens with zero attached hydrogens (tertiary/aromatic N) is 3. The van der Waals surface area contributed by atoms with Gasteiger partial charge in [-0.2, -0.15) is 0 Å². The Bertz CT molecular complexity index is 1290. The lowest BCUT2D eigenvalue weighted by Gasteiger charge is -2.19. The second-order valence-electron chi connectivity index (χ2n) is 7.42. The number of carbonyl (C=O) groups is 2. The van der Waals surface area contributed by atoms with Crippen molar-refractivity contribution in [1.82, 2.24) is 10.1 Å². The molecule has 1 N–H and O–H groups in total. The van der Waals surface area contributed by atoms with E-state index in [-0.39, 0.29) is 11.8 Å². The summed E-state index contributed by atoms with van der Waals surface area (Å²) in [5.74, 6) is -0.471. The van der Waals surface area contributed by atoms with Crippen LogP contribution in [0.4, 0.5) is 11.4 Å². The van der Waals surface area contributed by atoms with Crippen molar-refractivity contribution in [2.75, 3.05) is 17.3 Å². The zero-order valence-corrected chi connectivity index (χ0v) is 17.8. The van der Waals surface area contributed by atoms with E-state index in [4.69, 9.17) is 4.52 Å². The number of benzene rings is 2. The fraction of sp³-hybridized carbons (Fsp3) is 0.167. The number of nitrogens with one attached hydrogen (secondary N) is 1. The van der Waals surface area contributed by atoms with Gasteiger partial charge in [-0.3, -0.25) is 9.59 Å². The van der Waals surface area contributed by atoms with Gasteiger partial charge in [-0.1, -0.05) is 47.1 Å². The van der Waals surface area contributed by atoms with Crippen LogP contribution in [0.1, 0.15) is 28.5 Å². The Kier molecular flexibility index (Phi) is 5.25. The molecular formula is C24H22N4O3. The van der Waals surface area contributed by atoms with Gasteiger partial charge in [-0.05, 0) is 32.0 Å². The zero-order valence-electron chi connectivity index (χ0n) is 17.8. The molecule has 4 aromatic rings. The fourth-order valence-electron chi connectivity index (χ4n) is 3.38. The lowest BCUT2D eigenvalue weighted by Crippen LogP contribution is -2.25. The van der Waals surface area contributed by atoms with E-state index in [0.29, 0.717) is 39.4 Å². The normalized spacial score (nSPS) is 10.8. The third kappa shape index (κ3) is 3.90. The monoisotopic (exact) mass is 414 g/mol. The summed E-state index contributed by atoms with van der Waals surface area (Å²) in [7, 11) is 1.66. The van der Waals surface area contributed by atoms with Gasteiger partial charge in [-0.25, -0.2) is 4.98 Å². The maximum atomic E-state index is 13.3. The molecule has 2 heterocycles. The first-order valence-corrected chi connectivity index (χ1v) is 9.84. The van der Waals surface area contributed by atoms with Crippen LogP contribution in [-0.4, -0.2) is 29.0 Å². The molecule has 2 amide bonds. The molecule has 0 aliphatic carbocycles. The molecule has 0 atom stereocenters. The largest absolute Gasteiger partial charge is 0.335 e. The Labute approximate surface area is 179 Å². The molecule has 0 unspecified atom stereocenters. The fourth-order valence-corrected chi connectivity index (χ4v) is 3.38. The van der Waals surface area contributed by atoms with Crippen LogP contribution in [-0.2, 0) is 4.79 Å². The van der Waals surface area contributed by atoms with Gasteiger partial charge in [0.15, 0.2) is 0 Å². The molecule has 0 radical (unpaired) electrons. The average Bonchev–Trinajstić information content (AvgIpc) is 3.14. The van der Waals surface area contributed by atoms with Crippen molar-refractivity contribution < 1.29 is 14.1 Å². The van der Waals surface area contributed by atoms with Crippen molar-refractivity contribution in [3.63, 3.8) is 0 Å². The second kappa shape index (κ2) is 8.02. The molecule has 0 spiro atoms. The van der Waals surface area contributed by atoms with E-state index in [1.807, 2.05) is 37.3 Å². The number of rotatable bonds is 4. The van der Waals surface area contributed by atoms with Gasteiger partial charge in [0.05, 0.1) is 33.7 Å². The first kappa shape index (κ1) is 20.3. The highest BCUT2D eigenvalue weighted by molar-refractivity contribution is 6.14. The van der Waals surface area contributed by atoms with E-state index in [1.54, 1.807) is 38.2 Å². The molecule has 31 heavy (non-hydrogen) atoms. The molecule has 0 aliphatic heterocycles. The predicted octanol–water partition coefficient (Wildman–Crippen LogP) is 4.74. The summed E-state index contributed by atoms with van der Waals surface area (Å²) >= 11 is 0. The number of fused-ring (bicyclic) bond motifs is 1. The molecule has 2 aromatic carbocycles. The minimum absolute atomic E-state index is 0.135. The van der Waals surface area contributed by atoms with Crippen LogP contribution in [0.15, 0.2) is 59.1 Å². The van der Waals surface area contributed by atoms with E-state index >= 15 is 0 Å². The van der Waals surface area contributed by atoms with Gasteiger partial charge < -0.3 is 14.7 Å². The number of pyridine rings is 1. The van der Waals surface area contributed by atoms with E-state index in [1.165, 1.54) is 11.8 Å². The number of para-hydroxylation sites is 2. The van der Waals surface area contributed by atoms with E-state index in [9.17, 15) is 9.59 Å². The quantitative estimate of drug-likeness (QED) is 0.521. The van der Waals surface area contributed by atoms with Crippen molar-refractivity contribution in [1.29, 1.82) is 0 Å². The number of anilines is 2. The van der Waals surface area contributed by atoms with Crippen LogP contribution in [0.5, 0.6) is 0 Å². The van der Waals surface area contributed by atoms with Gasteiger partial charge in [0.2, 0.25) is 5.91 Å². The van der Waals surface area contributed by atoms with Crippen molar-refractivity contribution in [3.05, 3.63) is 71.4 Å². The first-order valence-electron chi connectivity index (χ1n) is 9.84. The van der Waals surface area contributed by atoms with E-state index in [0.717, 1.165) is 11.1 Å². The highest BCUT2D eigenvalue weighted by atomic mass is 16.5. The SMILES string of the molecule is CC(=O)N(C)c1ccccc1NC(=O)c1cc(-c2ccc(C)cc2)nc2onc(C)c12. The summed E-state index contributed by atoms with van der Waals surface area (Å²) in [5.41, 5.74) is 5.03. The van der Waals surface area contributed by atoms with Gasteiger partial charge in [0.1, 0.15) is 0 Å². The summed E-state index contributed by atoms with van der Waals surface area (Å²) in [6.07, 6.45) is 0. The Morgan fingerprint density at radius 3 is 2.45 bits per heavy atom. The molecule has 0 saturated heterocycles. The molecular weight excluding hydrogens is 392 g/mol. The van der Waals surface area contributed by atoms with Crippen LogP contribution < -0.4 is 10.2 Å². The minimum Gasteiger partial charge on any atom is -0.335 e. The summed E-state index contributed by atoms with van der Waals surface area (Å²) < 4.78 is 5.38. The van der Waals surface area contributed by atoms with Gasteiger partial charge in [-0.15, -0.1) is 0 Å². The third-order valence-electron chi connectivity index (χ3n) is 5.20.